The van der Waals surface area contributed by atoms with Gasteiger partial charge in [-0.15, -0.1) is 10.2 Å². The highest BCUT2D eigenvalue weighted by molar-refractivity contribution is 8.00. The third-order valence-electron chi connectivity index (χ3n) is 8.83. The Hall–Kier alpha value is -4.48. The van der Waals surface area contributed by atoms with E-state index in [1.54, 1.807) is 41.3 Å². The first-order chi connectivity index (χ1) is 23.2. The largest absolute Gasteiger partial charge is 0.450 e. The average Bonchev–Trinajstić information content (AvgIpc) is 3.71. The quantitative estimate of drug-likeness (QED) is 0.127. The summed E-state index contributed by atoms with van der Waals surface area (Å²) < 4.78 is 6.87. The molecule has 8 rings (SSSR count). The van der Waals surface area contributed by atoms with Gasteiger partial charge in [-0.2, -0.15) is 0 Å². The molecule has 1 unspecified atom stereocenters. The average molecular weight is 712 g/mol. The molecule has 0 saturated heterocycles. The molecule has 0 aliphatic carbocycles. The van der Waals surface area contributed by atoms with Crippen LogP contribution in [0.2, 0.25) is 10.0 Å². The lowest BCUT2D eigenvalue weighted by atomic mass is 9.84. The van der Waals surface area contributed by atoms with Gasteiger partial charge in [-0.05, 0) is 78.6 Å². The molecule has 1 spiro atoms. The fourth-order valence-corrected chi connectivity index (χ4v) is 8.64. The number of amides is 2. The van der Waals surface area contributed by atoms with E-state index in [0.29, 0.717) is 36.8 Å². The number of aromatic nitrogens is 2. The zero-order valence-corrected chi connectivity index (χ0v) is 28.6. The summed E-state index contributed by atoms with van der Waals surface area (Å²) in [4.78, 5) is 47.3. The van der Waals surface area contributed by atoms with Crippen LogP contribution in [0, 0.1) is 13.8 Å². The lowest BCUT2D eigenvalue weighted by molar-refractivity contribution is -0.121. The Morgan fingerprint density at radius 3 is 2.42 bits per heavy atom. The Morgan fingerprint density at radius 2 is 1.62 bits per heavy atom. The van der Waals surface area contributed by atoms with Gasteiger partial charge in [0.2, 0.25) is 10.9 Å². The number of anilines is 2. The molecule has 0 radical (unpaired) electrons. The van der Waals surface area contributed by atoms with Crippen molar-refractivity contribution in [3.05, 3.63) is 144 Å². The number of rotatable bonds is 6. The number of hydrogen-bond acceptors (Lipinski definition) is 8. The number of carbonyl (C=O) groups is 2. The standard InChI is InChI=1S/C36H24Cl2N4O4S2/c1-19-14-25-28(15-20(19)2)46-31-29(30(25)43)36(26-8-3-4-9-27(26)41(33(36)45)17-21-10-12-23(37)13-11-21)42(32(31)44)34-39-40-35(48-34)47-18-22-6-5-7-24(38)16-22/h3-16H,17-18H2,1-2H3. The number of halogens is 2. The van der Waals surface area contributed by atoms with Crippen molar-refractivity contribution in [1.82, 2.24) is 10.2 Å². The van der Waals surface area contributed by atoms with E-state index in [9.17, 15) is 9.59 Å². The molecule has 0 bridgehead atoms. The van der Waals surface area contributed by atoms with Gasteiger partial charge in [0.15, 0.2) is 15.3 Å². The van der Waals surface area contributed by atoms with Crippen LogP contribution < -0.4 is 15.2 Å². The topological polar surface area (TPSA) is 96.6 Å². The van der Waals surface area contributed by atoms with Crippen molar-refractivity contribution in [3.63, 3.8) is 0 Å². The van der Waals surface area contributed by atoms with E-state index in [2.05, 4.69) is 10.2 Å². The lowest BCUT2D eigenvalue weighted by Crippen LogP contribution is -2.53. The molecular formula is C36H24Cl2N4O4S2. The Kier molecular flexibility index (Phi) is 7.44. The van der Waals surface area contributed by atoms with E-state index in [1.165, 1.54) is 28.0 Å². The number of para-hydroxylation sites is 1. The van der Waals surface area contributed by atoms with Gasteiger partial charge in [0.25, 0.3) is 11.8 Å². The van der Waals surface area contributed by atoms with E-state index in [1.807, 2.05) is 62.4 Å². The molecule has 6 aromatic rings. The summed E-state index contributed by atoms with van der Waals surface area (Å²) in [5.41, 5.74) is 2.60. The van der Waals surface area contributed by atoms with Crippen LogP contribution in [-0.2, 0) is 22.6 Å². The summed E-state index contributed by atoms with van der Waals surface area (Å²) in [6, 6.07) is 25.5. The Morgan fingerprint density at radius 1 is 0.854 bits per heavy atom. The highest BCUT2D eigenvalue weighted by Gasteiger charge is 2.66. The molecule has 2 aromatic heterocycles. The maximum Gasteiger partial charge on any atom is 0.297 e. The second-order valence-corrected chi connectivity index (χ2v) is 14.8. The Labute approximate surface area is 292 Å². The molecule has 2 amide bonds. The van der Waals surface area contributed by atoms with Crippen LogP contribution in [-0.4, -0.2) is 22.0 Å². The summed E-state index contributed by atoms with van der Waals surface area (Å²) in [5.74, 6) is -0.726. The minimum absolute atomic E-state index is 0.0253. The molecule has 8 nitrogen and oxygen atoms in total. The van der Waals surface area contributed by atoms with Gasteiger partial charge in [0.05, 0.1) is 23.2 Å². The summed E-state index contributed by atoms with van der Waals surface area (Å²) in [6.45, 7) is 4.00. The third kappa shape index (κ3) is 4.69. The molecule has 1 atom stereocenters. The predicted octanol–water partition coefficient (Wildman–Crippen LogP) is 8.31. The zero-order chi connectivity index (χ0) is 33.3. The van der Waals surface area contributed by atoms with Crippen molar-refractivity contribution in [3.8, 4) is 0 Å². The maximum absolute atomic E-state index is 15.2. The van der Waals surface area contributed by atoms with Crippen LogP contribution in [0.3, 0.4) is 0 Å². The number of benzene rings is 4. The molecule has 2 aliphatic rings. The summed E-state index contributed by atoms with van der Waals surface area (Å²) >= 11 is 14.9. The molecule has 0 N–H and O–H groups in total. The van der Waals surface area contributed by atoms with E-state index in [-0.39, 0.29) is 28.6 Å². The molecule has 12 heteroatoms. The van der Waals surface area contributed by atoms with Crippen LogP contribution in [0.5, 0.6) is 0 Å². The second-order valence-electron chi connectivity index (χ2n) is 11.7. The number of hydrogen-bond donors (Lipinski definition) is 0. The minimum atomic E-state index is -1.88. The molecule has 48 heavy (non-hydrogen) atoms. The summed E-state index contributed by atoms with van der Waals surface area (Å²) in [5, 5.41) is 10.5. The van der Waals surface area contributed by atoms with E-state index in [4.69, 9.17) is 27.6 Å². The van der Waals surface area contributed by atoms with Crippen LogP contribution in [0.25, 0.3) is 11.0 Å². The van der Waals surface area contributed by atoms with Crippen molar-refractivity contribution >= 4 is 79.9 Å². The monoisotopic (exact) mass is 710 g/mol. The Bertz CT molecular complexity index is 2380. The first-order valence-electron chi connectivity index (χ1n) is 15.0. The predicted molar refractivity (Wildman–Crippen MR) is 190 cm³/mol. The fourth-order valence-electron chi connectivity index (χ4n) is 6.47. The van der Waals surface area contributed by atoms with Crippen molar-refractivity contribution in [1.29, 1.82) is 0 Å². The van der Waals surface area contributed by atoms with Crippen LogP contribution in [0.1, 0.15) is 43.9 Å². The molecule has 2 aliphatic heterocycles. The normalized spacial score (nSPS) is 16.8. The zero-order valence-electron chi connectivity index (χ0n) is 25.5. The first kappa shape index (κ1) is 30.8. The molecule has 238 valence electrons. The summed E-state index contributed by atoms with van der Waals surface area (Å²) in [7, 11) is 0. The number of carbonyl (C=O) groups excluding carboxylic acids is 2. The van der Waals surface area contributed by atoms with Crippen molar-refractivity contribution < 1.29 is 14.0 Å². The van der Waals surface area contributed by atoms with E-state index >= 15 is 4.79 Å². The van der Waals surface area contributed by atoms with E-state index in [0.717, 1.165) is 22.3 Å². The first-order valence-corrected chi connectivity index (χ1v) is 17.5. The van der Waals surface area contributed by atoms with E-state index < -0.39 is 22.8 Å². The van der Waals surface area contributed by atoms with Gasteiger partial charge >= 0.3 is 0 Å². The minimum Gasteiger partial charge on any atom is -0.450 e. The van der Waals surface area contributed by atoms with Crippen LogP contribution >= 0.6 is 46.3 Å². The van der Waals surface area contributed by atoms with Crippen molar-refractivity contribution in [2.45, 2.75) is 36.0 Å². The Balaban J connectivity index is 1.32. The summed E-state index contributed by atoms with van der Waals surface area (Å²) in [6.07, 6.45) is 0. The number of thioether (sulfide) groups is 1. The molecule has 4 heterocycles. The third-order valence-corrected chi connectivity index (χ3v) is 11.4. The van der Waals surface area contributed by atoms with Gasteiger partial charge in [0, 0.05) is 21.4 Å². The molecular weight excluding hydrogens is 687 g/mol. The number of fused-ring (bicyclic) bond motifs is 5. The maximum atomic E-state index is 15.2. The van der Waals surface area contributed by atoms with Gasteiger partial charge < -0.3 is 9.32 Å². The van der Waals surface area contributed by atoms with Crippen molar-refractivity contribution in [2.75, 3.05) is 9.80 Å². The van der Waals surface area contributed by atoms with Crippen LogP contribution in [0.15, 0.2) is 98.5 Å². The van der Waals surface area contributed by atoms with Gasteiger partial charge in [-0.25, -0.2) is 0 Å². The SMILES string of the molecule is Cc1cc2oc3c(c(=O)c2cc1C)C1(C(=O)N(Cc2ccc(Cl)cc2)c2ccccc21)N(c1nnc(SCc2cccc(Cl)c2)s1)C3=O. The van der Waals surface area contributed by atoms with Gasteiger partial charge in [0.1, 0.15) is 5.58 Å². The molecule has 0 fully saturated rings. The highest BCUT2D eigenvalue weighted by Crippen LogP contribution is 2.55. The highest BCUT2D eigenvalue weighted by atomic mass is 35.5. The number of nitrogens with zero attached hydrogens (tertiary/aromatic N) is 4. The van der Waals surface area contributed by atoms with Crippen molar-refractivity contribution in [2.24, 2.45) is 0 Å². The molecule has 4 aromatic carbocycles. The number of aryl methyl sites for hydroxylation is 2. The fraction of sp³-hybridized carbons (Fsp3) is 0.139. The second kappa shape index (κ2) is 11.6. The van der Waals surface area contributed by atoms with Crippen LogP contribution in [0.4, 0.5) is 10.8 Å². The lowest BCUT2D eigenvalue weighted by Gasteiger charge is -2.32. The van der Waals surface area contributed by atoms with Gasteiger partial charge in [-0.3, -0.25) is 19.3 Å². The molecule has 0 saturated carbocycles. The van der Waals surface area contributed by atoms with Gasteiger partial charge in [-0.1, -0.05) is 88.8 Å². The smallest absolute Gasteiger partial charge is 0.297 e.